The zero-order valence-electron chi connectivity index (χ0n) is 19.5. The first-order valence-corrected chi connectivity index (χ1v) is 12.1. The molecule has 0 spiro atoms. The third-order valence-corrected chi connectivity index (χ3v) is 6.72. The molecule has 1 N–H and O–H groups in total. The van der Waals surface area contributed by atoms with Crippen molar-refractivity contribution in [1.82, 2.24) is 4.84 Å². The Morgan fingerprint density at radius 1 is 1.03 bits per heavy atom. The van der Waals surface area contributed by atoms with E-state index < -0.39 is 21.9 Å². The number of rotatable bonds is 16. The van der Waals surface area contributed by atoms with E-state index in [9.17, 15) is 8.42 Å². The molecule has 180 valence electrons. The first kappa shape index (κ1) is 28.3. The third-order valence-electron chi connectivity index (χ3n) is 4.88. The summed E-state index contributed by atoms with van der Waals surface area (Å²) in [7, 11) is 1.51. The second-order valence-corrected chi connectivity index (χ2v) is 10.5. The van der Waals surface area contributed by atoms with E-state index in [0.717, 1.165) is 5.56 Å². The summed E-state index contributed by atoms with van der Waals surface area (Å²) in [6.45, 7) is 8.65. The molecule has 31 heavy (non-hydrogen) atoms. The van der Waals surface area contributed by atoms with Crippen molar-refractivity contribution in [3.8, 4) is 0 Å². The van der Waals surface area contributed by atoms with Crippen LogP contribution in [-0.2, 0) is 28.5 Å². The van der Waals surface area contributed by atoms with Crippen molar-refractivity contribution in [2.45, 2.75) is 43.9 Å². The molecule has 0 aliphatic carbocycles. The molecule has 0 aliphatic rings. The number of aryl methyl sites for hydroxylation is 1. The van der Waals surface area contributed by atoms with Crippen molar-refractivity contribution in [3.63, 3.8) is 0 Å². The highest BCUT2D eigenvalue weighted by molar-refractivity contribution is 7.86. The zero-order valence-corrected chi connectivity index (χ0v) is 21.1. The van der Waals surface area contributed by atoms with Gasteiger partial charge in [0.05, 0.1) is 52.0 Å². The molecule has 0 amide bonds. The van der Waals surface area contributed by atoms with Crippen LogP contribution in [0, 0.1) is 6.92 Å². The number of nitrogens with one attached hydrogen (secondary N) is 1. The van der Waals surface area contributed by atoms with Crippen LogP contribution in [0.3, 0.4) is 0 Å². The molecule has 8 nitrogen and oxygen atoms in total. The van der Waals surface area contributed by atoms with E-state index in [1.165, 1.54) is 0 Å². The summed E-state index contributed by atoms with van der Waals surface area (Å²) in [5.41, 5.74) is 0.433. The molecule has 1 aromatic carbocycles. The van der Waals surface area contributed by atoms with Gasteiger partial charge in [0.2, 0.25) is 6.23 Å². The molecule has 0 aromatic heterocycles. The standard InChI is InChI=1S/C21H38ClN2O6S/c1-18-7-9-19(10-8-18)31(25,26)30-20(17-21(2,3)23-22)24(4,5)11-12-28-15-16-29-14-13-27-6/h7-10,20,23H,11-17H2,1-6H3/q+1. The van der Waals surface area contributed by atoms with Gasteiger partial charge in [-0.25, -0.2) is 9.02 Å². The van der Waals surface area contributed by atoms with Gasteiger partial charge in [-0.3, -0.25) is 0 Å². The van der Waals surface area contributed by atoms with Gasteiger partial charge in [-0.2, -0.15) is 8.42 Å². The average molecular weight is 482 g/mol. The van der Waals surface area contributed by atoms with E-state index in [0.29, 0.717) is 46.0 Å². The van der Waals surface area contributed by atoms with E-state index >= 15 is 0 Å². The van der Waals surface area contributed by atoms with E-state index in [1.807, 2.05) is 34.9 Å². The maximum atomic E-state index is 12.9. The van der Waals surface area contributed by atoms with Gasteiger partial charge in [-0.05, 0) is 44.7 Å². The number of likely N-dealkylation sites (N-methyl/N-ethyl adjacent to an activating group) is 1. The van der Waals surface area contributed by atoms with E-state index in [2.05, 4.69) is 4.84 Å². The van der Waals surface area contributed by atoms with E-state index in [4.69, 9.17) is 30.2 Å². The first-order valence-electron chi connectivity index (χ1n) is 10.3. The molecular formula is C21H38ClN2O6S+. The van der Waals surface area contributed by atoms with Crippen LogP contribution >= 0.6 is 11.8 Å². The van der Waals surface area contributed by atoms with Crippen LogP contribution in [0.25, 0.3) is 0 Å². The number of halogens is 1. The lowest BCUT2D eigenvalue weighted by Gasteiger charge is -2.40. The van der Waals surface area contributed by atoms with Crippen LogP contribution in [0.2, 0.25) is 0 Å². The van der Waals surface area contributed by atoms with Gasteiger partial charge in [0.25, 0.3) is 0 Å². The summed E-state index contributed by atoms with van der Waals surface area (Å²) >= 11 is 5.88. The second-order valence-electron chi connectivity index (χ2n) is 8.72. The number of benzene rings is 1. The SMILES string of the molecule is COCCOCCOCC[N+](C)(C)C(CC(C)(C)NCl)OS(=O)(=O)c1ccc(C)cc1. The summed E-state index contributed by atoms with van der Waals surface area (Å²) in [5, 5.41) is 0. The molecule has 0 saturated carbocycles. The zero-order chi connectivity index (χ0) is 23.5. The number of nitrogens with zero attached hydrogens (tertiary/aromatic N) is 1. The van der Waals surface area contributed by atoms with Crippen LogP contribution in [-0.4, -0.2) is 85.5 Å². The molecule has 1 unspecified atom stereocenters. The molecule has 1 aromatic rings. The van der Waals surface area contributed by atoms with Crippen molar-refractivity contribution in [2.75, 3.05) is 60.8 Å². The Hall–Kier alpha value is -0.780. The Balaban J connectivity index is 2.80. The lowest BCUT2D eigenvalue weighted by Crippen LogP contribution is -2.56. The predicted molar refractivity (Wildman–Crippen MR) is 121 cm³/mol. The molecular weight excluding hydrogens is 444 g/mol. The van der Waals surface area contributed by atoms with Gasteiger partial charge in [0.15, 0.2) is 0 Å². The fourth-order valence-corrected chi connectivity index (χ4v) is 3.94. The van der Waals surface area contributed by atoms with Gasteiger partial charge in [0.1, 0.15) is 6.54 Å². The first-order chi connectivity index (χ1) is 14.4. The number of methoxy groups -OCH3 is 1. The predicted octanol–water partition coefficient (Wildman–Crippen LogP) is 2.69. The maximum absolute atomic E-state index is 12.9. The Kier molecular flexibility index (Phi) is 11.9. The smallest absolute Gasteiger partial charge is 0.301 e. The minimum atomic E-state index is -3.95. The number of ether oxygens (including phenoxy) is 3. The summed E-state index contributed by atoms with van der Waals surface area (Å²) in [6, 6.07) is 6.61. The molecule has 0 aliphatic heterocycles. The highest BCUT2D eigenvalue weighted by Gasteiger charge is 2.38. The van der Waals surface area contributed by atoms with Crippen LogP contribution in [0.15, 0.2) is 29.2 Å². The second kappa shape index (κ2) is 13.1. The monoisotopic (exact) mass is 481 g/mol. The maximum Gasteiger partial charge on any atom is 0.301 e. The number of quaternary nitrogens is 1. The molecule has 0 fully saturated rings. The fraction of sp³-hybridized carbons (Fsp3) is 0.714. The van der Waals surface area contributed by atoms with Crippen LogP contribution in [0.4, 0.5) is 0 Å². The fourth-order valence-electron chi connectivity index (χ4n) is 2.69. The summed E-state index contributed by atoms with van der Waals surface area (Å²) in [6.07, 6.45) is -0.302. The molecule has 1 rings (SSSR count). The minimum Gasteiger partial charge on any atom is -0.382 e. The van der Waals surface area contributed by atoms with Gasteiger partial charge in [0, 0.05) is 19.1 Å². The Morgan fingerprint density at radius 3 is 2.13 bits per heavy atom. The van der Waals surface area contributed by atoms with E-state index in [1.54, 1.807) is 31.4 Å². The van der Waals surface area contributed by atoms with Crippen LogP contribution < -0.4 is 4.84 Å². The molecule has 10 heteroatoms. The quantitative estimate of drug-likeness (QED) is 0.128. The van der Waals surface area contributed by atoms with Gasteiger partial charge in [-0.1, -0.05) is 17.7 Å². The number of hydrogen-bond acceptors (Lipinski definition) is 7. The summed E-state index contributed by atoms with van der Waals surface area (Å²) < 4.78 is 47.8. The Bertz CT molecular complexity index is 741. The van der Waals surface area contributed by atoms with Gasteiger partial charge >= 0.3 is 10.1 Å². The van der Waals surface area contributed by atoms with Crippen LogP contribution in [0.5, 0.6) is 0 Å². The van der Waals surface area contributed by atoms with Crippen molar-refractivity contribution < 1.29 is 31.3 Å². The largest absolute Gasteiger partial charge is 0.382 e. The van der Waals surface area contributed by atoms with E-state index in [-0.39, 0.29) is 9.38 Å². The number of hydrogen-bond donors (Lipinski definition) is 1. The third kappa shape index (κ3) is 10.6. The lowest BCUT2D eigenvalue weighted by molar-refractivity contribution is -0.934. The lowest BCUT2D eigenvalue weighted by atomic mass is 10.0. The van der Waals surface area contributed by atoms with Crippen LogP contribution in [0.1, 0.15) is 25.8 Å². The normalized spacial score (nSPS) is 14.0. The minimum absolute atomic E-state index is 0.129. The van der Waals surface area contributed by atoms with Crippen molar-refractivity contribution >= 4 is 21.9 Å². The average Bonchev–Trinajstić information content (AvgIpc) is 2.69. The molecule has 0 heterocycles. The Morgan fingerprint density at radius 2 is 1.58 bits per heavy atom. The van der Waals surface area contributed by atoms with Crippen molar-refractivity contribution in [2.24, 2.45) is 0 Å². The highest BCUT2D eigenvalue weighted by Crippen LogP contribution is 2.25. The molecule has 1 atom stereocenters. The van der Waals surface area contributed by atoms with Gasteiger partial charge < -0.3 is 18.7 Å². The van der Waals surface area contributed by atoms with Gasteiger partial charge in [-0.15, -0.1) is 0 Å². The summed E-state index contributed by atoms with van der Waals surface area (Å²) in [5.74, 6) is 0. The Labute approximate surface area is 192 Å². The molecule has 0 saturated heterocycles. The summed E-state index contributed by atoms with van der Waals surface area (Å²) in [4.78, 5) is 2.84. The van der Waals surface area contributed by atoms with Crippen molar-refractivity contribution in [3.05, 3.63) is 29.8 Å². The molecule has 0 radical (unpaired) electrons. The van der Waals surface area contributed by atoms with Crippen molar-refractivity contribution in [1.29, 1.82) is 0 Å². The topological polar surface area (TPSA) is 83.1 Å². The highest BCUT2D eigenvalue weighted by atomic mass is 35.5. The molecule has 0 bridgehead atoms.